The van der Waals surface area contributed by atoms with Crippen LogP contribution in [0.15, 0.2) is 63.4 Å². The molecule has 0 N–H and O–H groups in total. The van der Waals surface area contributed by atoms with Crippen LogP contribution < -0.4 is 0 Å². The summed E-state index contributed by atoms with van der Waals surface area (Å²) in [6.45, 7) is 1.88. The van der Waals surface area contributed by atoms with Crippen LogP contribution in [0.2, 0.25) is 0 Å². The third-order valence-electron chi connectivity index (χ3n) is 2.64. The molecular weight excluding hydrogens is 262 g/mol. The third-order valence-corrected chi connectivity index (χ3v) is 4.46. The Morgan fingerprint density at radius 3 is 2.32 bits per heavy atom. The topological polar surface area (TPSA) is 82.9 Å². The minimum Gasteiger partial charge on any atom is -0.219 e. The summed E-state index contributed by atoms with van der Waals surface area (Å²) in [4.78, 5) is 2.84. The van der Waals surface area contributed by atoms with Crippen LogP contribution in [-0.4, -0.2) is 8.42 Å². The largest absolute Gasteiger partial charge is 0.219 e. The fourth-order valence-electron chi connectivity index (χ4n) is 1.66. The van der Waals surface area contributed by atoms with Crippen molar-refractivity contribution < 1.29 is 8.42 Å². The Balaban J connectivity index is 2.63. The molecule has 0 fully saturated rings. The second-order valence-electron chi connectivity index (χ2n) is 3.97. The number of hydrogen-bond acceptors (Lipinski definition) is 3. The zero-order chi connectivity index (χ0) is 13.9. The zero-order valence-electron chi connectivity index (χ0n) is 10.2. The summed E-state index contributed by atoms with van der Waals surface area (Å²) in [6.07, 6.45) is 0. The van der Waals surface area contributed by atoms with E-state index in [1.165, 1.54) is 24.3 Å². The molecule has 0 atom stereocenters. The van der Waals surface area contributed by atoms with E-state index < -0.39 is 9.84 Å². The zero-order valence-corrected chi connectivity index (χ0v) is 11.0. The maximum atomic E-state index is 12.5. The fraction of sp³-hybridized carbons (Fsp3) is 0.0769. The van der Waals surface area contributed by atoms with Crippen molar-refractivity contribution in [3.05, 3.63) is 64.5 Å². The van der Waals surface area contributed by atoms with Gasteiger partial charge in [0, 0.05) is 4.91 Å². The number of aryl methyl sites for hydroxylation is 1. The monoisotopic (exact) mass is 273 g/mol. The third kappa shape index (κ3) is 2.59. The number of rotatable bonds is 3. The molecule has 2 aromatic carbocycles. The first-order valence-electron chi connectivity index (χ1n) is 5.51. The van der Waals surface area contributed by atoms with Crippen molar-refractivity contribution in [1.29, 1.82) is 0 Å². The van der Waals surface area contributed by atoms with E-state index in [4.69, 9.17) is 5.53 Å². The summed E-state index contributed by atoms with van der Waals surface area (Å²) in [7, 11) is -3.67. The van der Waals surface area contributed by atoms with Gasteiger partial charge < -0.3 is 0 Å². The summed E-state index contributed by atoms with van der Waals surface area (Å²) in [5.41, 5.74) is 9.56. The summed E-state index contributed by atoms with van der Waals surface area (Å²) in [5.74, 6) is 0. The quantitative estimate of drug-likeness (QED) is 0.484. The van der Waals surface area contributed by atoms with E-state index >= 15 is 0 Å². The molecule has 0 radical (unpaired) electrons. The Labute approximate surface area is 111 Å². The molecule has 0 saturated carbocycles. The molecule has 0 amide bonds. The lowest BCUT2D eigenvalue weighted by molar-refractivity contribution is 0.596. The van der Waals surface area contributed by atoms with Crippen LogP contribution >= 0.6 is 0 Å². The highest BCUT2D eigenvalue weighted by molar-refractivity contribution is 7.91. The van der Waals surface area contributed by atoms with Gasteiger partial charge in [0.1, 0.15) is 0 Å². The Bertz CT molecular complexity index is 746. The number of nitrogens with zero attached hydrogens (tertiary/aromatic N) is 3. The van der Waals surface area contributed by atoms with Gasteiger partial charge in [-0.1, -0.05) is 41.0 Å². The smallest absolute Gasteiger partial charge is 0.207 e. The van der Waals surface area contributed by atoms with Gasteiger partial charge >= 0.3 is 0 Å². The van der Waals surface area contributed by atoms with Gasteiger partial charge in [0.25, 0.3) is 0 Å². The van der Waals surface area contributed by atoms with E-state index in [0.717, 1.165) is 5.56 Å². The lowest BCUT2D eigenvalue weighted by Gasteiger charge is -2.07. The molecule has 0 bridgehead atoms. The Morgan fingerprint density at radius 1 is 1.05 bits per heavy atom. The normalized spacial score (nSPS) is 10.8. The van der Waals surface area contributed by atoms with Crippen LogP contribution in [0.1, 0.15) is 5.56 Å². The highest BCUT2D eigenvalue weighted by Gasteiger charge is 2.20. The maximum Gasteiger partial charge on any atom is 0.207 e. The van der Waals surface area contributed by atoms with Crippen LogP contribution in [0.3, 0.4) is 0 Å². The van der Waals surface area contributed by atoms with Gasteiger partial charge in [-0.3, -0.25) is 0 Å². The summed E-state index contributed by atoms with van der Waals surface area (Å²) in [6, 6.07) is 12.6. The van der Waals surface area contributed by atoms with Crippen LogP contribution in [0.25, 0.3) is 10.4 Å². The van der Waals surface area contributed by atoms with E-state index in [2.05, 4.69) is 10.0 Å². The van der Waals surface area contributed by atoms with E-state index in [-0.39, 0.29) is 15.5 Å². The van der Waals surface area contributed by atoms with Gasteiger partial charge in [0.05, 0.1) is 15.5 Å². The Hall–Kier alpha value is -2.30. The van der Waals surface area contributed by atoms with Gasteiger partial charge in [-0.05, 0) is 30.7 Å². The molecule has 6 heteroatoms. The molecule has 2 rings (SSSR count). The van der Waals surface area contributed by atoms with Gasteiger partial charge in [0.15, 0.2) is 0 Å². The molecule has 0 heterocycles. The molecule has 19 heavy (non-hydrogen) atoms. The highest BCUT2D eigenvalue weighted by atomic mass is 32.2. The first-order chi connectivity index (χ1) is 9.05. The van der Waals surface area contributed by atoms with E-state index in [1.54, 1.807) is 24.3 Å². The fourth-order valence-corrected chi connectivity index (χ4v) is 3.05. The average Bonchev–Trinajstić information content (AvgIpc) is 2.40. The lowest BCUT2D eigenvalue weighted by atomic mass is 10.2. The first-order valence-corrected chi connectivity index (χ1v) is 7.00. The number of hydrogen-bond donors (Lipinski definition) is 0. The van der Waals surface area contributed by atoms with Crippen molar-refractivity contribution >= 4 is 15.5 Å². The molecule has 96 valence electrons. The van der Waals surface area contributed by atoms with Gasteiger partial charge in [-0.25, -0.2) is 8.42 Å². The number of benzene rings is 2. The second-order valence-corrected chi connectivity index (χ2v) is 5.89. The number of sulfone groups is 1. The highest BCUT2D eigenvalue weighted by Crippen LogP contribution is 2.29. The maximum absolute atomic E-state index is 12.5. The molecule has 0 aromatic heterocycles. The lowest BCUT2D eigenvalue weighted by Crippen LogP contribution is -2.02. The van der Waals surface area contributed by atoms with Crippen LogP contribution in [0.4, 0.5) is 5.69 Å². The minimum absolute atomic E-state index is 0.0108. The van der Waals surface area contributed by atoms with Crippen LogP contribution in [-0.2, 0) is 9.84 Å². The summed E-state index contributed by atoms with van der Waals surface area (Å²) < 4.78 is 24.9. The molecular formula is C13H11N3O2S. The van der Waals surface area contributed by atoms with Crippen molar-refractivity contribution in [3.8, 4) is 0 Å². The molecule has 0 saturated heterocycles. The standard InChI is InChI=1S/C13H11N3O2S/c1-10-6-8-11(9-7-10)19(17,18)13-5-3-2-4-12(13)15-16-14/h2-9H,1H3. The predicted molar refractivity (Wildman–Crippen MR) is 71.9 cm³/mol. The minimum atomic E-state index is -3.67. The second kappa shape index (κ2) is 5.14. The molecule has 2 aromatic rings. The molecule has 0 aliphatic carbocycles. The van der Waals surface area contributed by atoms with Gasteiger partial charge in [-0.15, -0.1) is 0 Å². The van der Waals surface area contributed by atoms with Gasteiger partial charge in [-0.2, -0.15) is 0 Å². The SMILES string of the molecule is Cc1ccc(S(=O)(=O)c2ccccc2N=[N+]=[N-])cc1. The average molecular weight is 273 g/mol. The Kier molecular flexibility index (Phi) is 3.55. The van der Waals surface area contributed by atoms with Crippen LogP contribution in [0.5, 0.6) is 0 Å². The summed E-state index contributed by atoms with van der Waals surface area (Å²) in [5, 5.41) is 3.42. The number of azide groups is 1. The van der Waals surface area contributed by atoms with E-state index in [0.29, 0.717) is 0 Å². The molecule has 0 unspecified atom stereocenters. The molecule has 0 spiro atoms. The van der Waals surface area contributed by atoms with Crippen molar-refractivity contribution in [2.24, 2.45) is 5.11 Å². The van der Waals surface area contributed by atoms with E-state index in [9.17, 15) is 8.42 Å². The van der Waals surface area contributed by atoms with Crippen molar-refractivity contribution in [2.75, 3.05) is 0 Å². The van der Waals surface area contributed by atoms with Crippen molar-refractivity contribution in [3.63, 3.8) is 0 Å². The molecule has 0 aliphatic heterocycles. The van der Waals surface area contributed by atoms with Gasteiger partial charge in [0.2, 0.25) is 9.84 Å². The Morgan fingerprint density at radius 2 is 1.68 bits per heavy atom. The molecule has 5 nitrogen and oxygen atoms in total. The van der Waals surface area contributed by atoms with E-state index in [1.807, 2.05) is 6.92 Å². The van der Waals surface area contributed by atoms with Crippen molar-refractivity contribution in [1.82, 2.24) is 0 Å². The predicted octanol–water partition coefficient (Wildman–Crippen LogP) is 3.77. The summed E-state index contributed by atoms with van der Waals surface area (Å²) >= 11 is 0. The van der Waals surface area contributed by atoms with Crippen molar-refractivity contribution in [2.45, 2.75) is 16.7 Å². The van der Waals surface area contributed by atoms with Crippen LogP contribution in [0, 0.1) is 6.92 Å². The molecule has 0 aliphatic rings. The first kappa shape index (κ1) is 13.1.